The molecule has 2 aromatic heterocycles. The largest absolute Gasteiger partial charge is 0.493 e. The third kappa shape index (κ3) is 4.48. The summed E-state index contributed by atoms with van der Waals surface area (Å²) < 4.78 is 10.9. The molecular formula is C22H26N4O3S. The third-order valence-corrected chi connectivity index (χ3v) is 6.25. The lowest BCUT2D eigenvalue weighted by Crippen LogP contribution is -2.42. The van der Waals surface area contributed by atoms with Crippen molar-refractivity contribution in [1.29, 1.82) is 0 Å². The first-order chi connectivity index (χ1) is 14.7. The number of nitrogens with zero attached hydrogens (tertiary/aromatic N) is 3. The van der Waals surface area contributed by atoms with Crippen LogP contribution in [0.5, 0.6) is 11.5 Å². The van der Waals surface area contributed by atoms with Crippen LogP contribution in [0.25, 0.3) is 10.3 Å². The summed E-state index contributed by atoms with van der Waals surface area (Å²) in [6, 6.07) is 9.62. The van der Waals surface area contributed by atoms with Gasteiger partial charge in [0.15, 0.2) is 16.6 Å². The molecular weight excluding hydrogens is 400 g/mol. The molecule has 0 unspecified atom stereocenters. The zero-order chi connectivity index (χ0) is 20.9. The highest BCUT2D eigenvalue weighted by Gasteiger charge is 2.27. The van der Waals surface area contributed by atoms with Crippen molar-refractivity contribution in [3.63, 3.8) is 0 Å². The minimum Gasteiger partial charge on any atom is -0.493 e. The number of benzene rings is 1. The first-order valence-electron chi connectivity index (χ1n) is 10.2. The maximum atomic E-state index is 12.8. The van der Waals surface area contributed by atoms with E-state index in [0.717, 1.165) is 40.4 Å². The van der Waals surface area contributed by atoms with Crippen LogP contribution in [0.15, 0.2) is 36.5 Å². The van der Waals surface area contributed by atoms with Crippen molar-refractivity contribution in [3.8, 4) is 11.5 Å². The number of carbonyl (C=O) groups is 1. The molecule has 1 N–H and O–H groups in total. The fourth-order valence-electron chi connectivity index (χ4n) is 3.69. The monoisotopic (exact) mass is 426 g/mol. The number of amides is 1. The number of methoxy groups -OCH3 is 1. The molecule has 0 saturated carbocycles. The van der Waals surface area contributed by atoms with Crippen LogP contribution in [-0.4, -0.2) is 42.7 Å². The predicted molar refractivity (Wildman–Crippen MR) is 118 cm³/mol. The van der Waals surface area contributed by atoms with Crippen LogP contribution in [0.3, 0.4) is 0 Å². The number of ether oxygens (including phenoxy) is 2. The molecule has 0 radical (unpaired) electrons. The van der Waals surface area contributed by atoms with Gasteiger partial charge in [0.05, 0.1) is 19.6 Å². The lowest BCUT2D eigenvalue weighted by atomic mass is 9.97. The number of piperidine rings is 1. The van der Waals surface area contributed by atoms with Gasteiger partial charge in [0.2, 0.25) is 5.91 Å². The van der Waals surface area contributed by atoms with Gasteiger partial charge in [0.1, 0.15) is 10.3 Å². The predicted octanol–water partition coefficient (Wildman–Crippen LogP) is 3.63. The molecule has 1 amide bonds. The van der Waals surface area contributed by atoms with Gasteiger partial charge < -0.3 is 19.7 Å². The normalized spacial score (nSPS) is 16.5. The van der Waals surface area contributed by atoms with E-state index in [2.05, 4.69) is 15.2 Å². The number of rotatable bonds is 7. The lowest BCUT2D eigenvalue weighted by Gasteiger charge is -2.31. The highest BCUT2D eigenvalue weighted by molar-refractivity contribution is 7.21. The Morgan fingerprint density at radius 3 is 3.03 bits per heavy atom. The Hall–Kier alpha value is -2.87. The molecule has 1 saturated heterocycles. The molecule has 158 valence electrons. The van der Waals surface area contributed by atoms with Crippen LogP contribution < -0.4 is 19.7 Å². The number of thiazole rings is 1. The Morgan fingerprint density at radius 1 is 1.33 bits per heavy atom. The summed E-state index contributed by atoms with van der Waals surface area (Å²) in [6.45, 7) is 4.57. The van der Waals surface area contributed by atoms with E-state index in [9.17, 15) is 4.79 Å². The second-order valence-electron chi connectivity index (χ2n) is 7.25. The molecule has 30 heavy (non-hydrogen) atoms. The van der Waals surface area contributed by atoms with Crippen LogP contribution in [0, 0.1) is 5.92 Å². The fourth-order valence-corrected chi connectivity index (χ4v) is 4.63. The SMILES string of the molecule is CCOc1ccc(CNC(=O)[C@@H]2CCCN(c3nc4cccnc4s3)C2)cc1OC. The number of aromatic nitrogens is 2. The topological polar surface area (TPSA) is 76.6 Å². The highest BCUT2D eigenvalue weighted by atomic mass is 32.1. The van der Waals surface area contributed by atoms with Gasteiger partial charge in [0.25, 0.3) is 0 Å². The standard InChI is InChI=1S/C22H26N4O3S/c1-3-29-18-9-8-15(12-19(18)28-2)13-24-20(27)16-6-5-11-26(14-16)22-25-17-7-4-10-23-21(17)30-22/h4,7-10,12,16H,3,5-6,11,13-14H2,1-2H3,(H,24,27)/t16-/m1/s1. The van der Waals surface area contributed by atoms with Crippen molar-refractivity contribution in [3.05, 3.63) is 42.1 Å². The van der Waals surface area contributed by atoms with Gasteiger partial charge in [-0.2, -0.15) is 0 Å². The molecule has 1 fully saturated rings. The van der Waals surface area contributed by atoms with Gasteiger partial charge in [-0.25, -0.2) is 9.97 Å². The molecule has 3 heterocycles. The van der Waals surface area contributed by atoms with E-state index in [0.29, 0.717) is 31.2 Å². The Kier molecular flexibility index (Phi) is 6.32. The summed E-state index contributed by atoms with van der Waals surface area (Å²) in [5, 5.41) is 4.02. The number of hydrogen-bond acceptors (Lipinski definition) is 7. The number of carbonyl (C=O) groups excluding carboxylic acids is 1. The van der Waals surface area contributed by atoms with Crippen LogP contribution in [0.2, 0.25) is 0 Å². The minimum atomic E-state index is -0.0525. The second-order valence-corrected chi connectivity index (χ2v) is 8.20. The van der Waals surface area contributed by atoms with Crippen molar-refractivity contribution in [2.24, 2.45) is 5.92 Å². The van der Waals surface area contributed by atoms with Crippen molar-refractivity contribution < 1.29 is 14.3 Å². The van der Waals surface area contributed by atoms with E-state index >= 15 is 0 Å². The molecule has 8 heteroatoms. The zero-order valence-electron chi connectivity index (χ0n) is 17.3. The lowest BCUT2D eigenvalue weighted by molar-refractivity contribution is -0.125. The maximum Gasteiger partial charge on any atom is 0.225 e. The first-order valence-corrected chi connectivity index (χ1v) is 11.0. The number of hydrogen-bond donors (Lipinski definition) is 1. The molecule has 0 aliphatic carbocycles. The second kappa shape index (κ2) is 9.30. The molecule has 1 atom stereocenters. The molecule has 0 spiro atoms. The van der Waals surface area contributed by atoms with E-state index in [4.69, 9.17) is 14.5 Å². The van der Waals surface area contributed by atoms with Crippen molar-refractivity contribution in [1.82, 2.24) is 15.3 Å². The summed E-state index contributed by atoms with van der Waals surface area (Å²) in [5.74, 6) is 1.41. The average Bonchev–Trinajstić information content (AvgIpc) is 3.23. The van der Waals surface area contributed by atoms with E-state index in [1.165, 1.54) is 0 Å². The maximum absolute atomic E-state index is 12.8. The van der Waals surface area contributed by atoms with E-state index in [-0.39, 0.29) is 11.8 Å². The first kappa shape index (κ1) is 20.4. The molecule has 0 bridgehead atoms. The molecule has 1 aromatic carbocycles. The molecule has 4 rings (SSSR count). The Bertz CT molecular complexity index is 990. The summed E-state index contributed by atoms with van der Waals surface area (Å²) in [7, 11) is 1.62. The molecule has 3 aromatic rings. The molecule has 1 aliphatic rings. The number of fused-ring (bicyclic) bond motifs is 1. The van der Waals surface area contributed by atoms with Gasteiger partial charge in [0, 0.05) is 25.8 Å². The number of pyridine rings is 1. The van der Waals surface area contributed by atoms with Crippen molar-refractivity contribution in [2.45, 2.75) is 26.3 Å². The van der Waals surface area contributed by atoms with Gasteiger partial charge in [-0.05, 0) is 49.6 Å². The van der Waals surface area contributed by atoms with Gasteiger partial charge in [-0.1, -0.05) is 17.4 Å². The summed E-state index contributed by atoms with van der Waals surface area (Å²) in [5.41, 5.74) is 1.89. The van der Waals surface area contributed by atoms with E-state index in [1.807, 2.05) is 37.3 Å². The van der Waals surface area contributed by atoms with Crippen LogP contribution >= 0.6 is 11.3 Å². The summed E-state index contributed by atoms with van der Waals surface area (Å²) in [6.07, 6.45) is 3.64. The molecule has 1 aliphatic heterocycles. The van der Waals surface area contributed by atoms with Gasteiger partial charge in [-0.15, -0.1) is 0 Å². The number of nitrogens with one attached hydrogen (secondary N) is 1. The van der Waals surface area contributed by atoms with E-state index in [1.54, 1.807) is 24.6 Å². The van der Waals surface area contributed by atoms with Crippen molar-refractivity contribution in [2.75, 3.05) is 31.7 Å². The fraction of sp³-hybridized carbons (Fsp3) is 0.409. The van der Waals surface area contributed by atoms with Crippen LogP contribution in [0.1, 0.15) is 25.3 Å². The zero-order valence-corrected chi connectivity index (χ0v) is 18.1. The van der Waals surface area contributed by atoms with E-state index < -0.39 is 0 Å². The smallest absolute Gasteiger partial charge is 0.225 e. The highest BCUT2D eigenvalue weighted by Crippen LogP contribution is 2.31. The van der Waals surface area contributed by atoms with Gasteiger partial charge in [-0.3, -0.25) is 4.79 Å². The number of anilines is 1. The average molecular weight is 427 g/mol. The third-order valence-electron chi connectivity index (χ3n) is 5.21. The van der Waals surface area contributed by atoms with Crippen LogP contribution in [0.4, 0.5) is 5.13 Å². The quantitative estimate of drug-likeness (QED) is 0.622. The summed E-state index contributed by atoms with van der Waals surface area (Å²) in [4.78, 5) is 25.0. The Balaban J connectivity index is 1.37. The minimum absolute atomic E-state index is 0.0525. The Labute approximate surface area is 180 Å². The van der Waals surface area contributed by atoms with Crippen LogP contribution in [-0.2, 0) is 11.3 Å². The Morgan fingerprint density at radius 2 is 2.23 bits per heavy atom. The molecule has 7 nitrogen and oxygen atoms in total. The van der Waals surface area contributed by atoms with Crippen molar-refractivity contribution >= 4 is 32.7 Å². The summed E-state index contributed by atoms with van der Waals surface area (Å²) >= 11 is 1.58. The van der Waals surface area contributed by atoms with Gasteiger partial charge >= 0.3 is 0 Å².